The van der Waals surface area contributed by atoms with Crippen LogP contribution < -0.4 is 20.3 Å². The highest BCUT2D eigenvalue weighted by Gasteiger charge is 2.10. The van der Waals surface area contributed by atoms with Gasteiger partial charge in [0.1, 0.15) is 11.5 Å². The van der Waals surface area contributed by atoms with Crippen molar-refractivity contribution in [3.63, 3.8) is 0 Å². The number of nitrogens with one attached hydrogen (secondary N) is 2. The average molecular weight is 427 g/mol. The van der Waals surface area contributed by atoms with Crippen LogP contribution in [-0.4, -0.2) is 24.4 Å². The summed E-state index contributed by atoms with van der Waals surface area (Å²) >= 11 is 0. The first-order valence-corrected chi connectivity index (χ1v) is 10.6. The van der Waals surface area contributed by atoms with E-state index in [1.807, 2.05) is 0 Å². The molecule has 7 heteroatoms. The normalized spacial score (nSPS) is 10.3. The Morgan fingerprint density at radius 3 is 1.71 bits per heavy atom. The van der Waals surface area contributed by atoms with Gasteiger partial charge in [0.15, 0.2) is 0 Å². The van der Waals surface area contributed by atoms with Gasteiger partial charge in [0, 0.05) is 18.1 Å². The lowest BCUT2D eigenvalue weighted by atomic mass is 10.1. The monoisotopic (exact) mass is 426 g/mol. The molecule has 0 spiro atoms. The first kappa shape index (κ1) is 23.9. The quantitative estimate of drug-likeness (QED) is 0.240. The molecule has 0 aromatic heterocycles. The van der Waals surface area contributed by atoms with Crippen LogP contribution in [0.1, 0.15) is 73.1 Å². The van der Waals surface area contributed by atoms with Crippen molar-refractivity contribution in [2.75, 3.05) is 6.61 Å². The zero-order chi connectivity index (χ0) is 22.5. The summed E-state index contributed by atoms with van der Waals surface area (Å²) in [5.41, 5.74) is 5.45. The maximum absolute atomic E-state index is 12.2. The molecule has 0 aliphatic rings. The van der Waals surface area contributed by atoms with E-state index < -0.39 is 17.8 Å². The summed E-state index contributed by atoms with van der Waals surface area (Å²) in [7, 11) is 0. The van der Waals surface area contributed by atoms with Crippen molar-refractivity contribution in [2.24, 2.45) is 0 Å². The van der Waals surface area contributed by atoms with Crippen LogP contribution in [0.2, 0.25) is 0 Å². The summed E-state index contributed by atoms with van der Waals surface area (Å²) in [6.45, 7) is 4.15. The molecule has 0 bridgehead atoms. The van der Waals surface area contributed by atoms with Crippen LogP contribution in [0.5, 0.6) is 11.5 Å². The number of carbonyl (C=O) groups is 3. The lowest BCUT2D eigenvalue weighted by molar-refractivity contribution is -0.131. The fraction of sp³-hybridized carbons (Fsp3) is 0.375. The fourth-order valence-corrected chi connectivity index (χ4v) is 2.87. The standard InChI is InChI=1S/C24H30N2O5/c1-3-4-5-6-7-8-17-30-21-13-9-19(10-14-21)23(28)25-26-24(29)20-11-15-22(16-12-20)31-18(2)27/h9-16H,3-8,17H2,1-2H3,(H,25,28)(H,26,29). The molecule has 0 aliphatic carbocycles. The summed E-state index contributed by atoms with van der Waals surface area (Å²) < 4.78 is 10.6. The number of hydrogen-bond acceptors (Lipinski definition) is 5. The number of unbranched alkanes of at least 4 members (excludes halogenated alkanes) is 5. The number of rotatable bonds is 11. The van der Waals surface area contributed by atoms with E-state index >= 15 is 0 Å². The molecular formula is C24H30N2O5. The Balaban J connectivity index is 1.73. The Morgan fingerprint density at radius 1 is 0.710 bits per heavy atom. The van der Waals surface area contributed by atoms with Gasteiger partial charge in [0.05, 0.1) is 6.61 Å². The van der Waals surface area contributed by atoms with Crippen molar-refractivity contribution in [1.29, 1.82) is 0 Å². The van der Waals surface area contributed by atoms with Gasteiger partial charge in [-0.2, -0.15) is 0 Å². The minimum Gasteiger partial charge on any atom is -0.494 e. The first-order valence-electron chi connectivity index (χ1n) is 10.6. The van der Waals surface area contributed by atoms with Crippen molar-refractivity contribution in [3.8, 4) is 11.5 Å². The maximum Gasteiger partial charge on any atom is 0.308 e. The first-order chi connectivity index (χ1) is 15.0. The Hall–Kier alpha value is -3.35. The van der Waals surface area contributed by atoms with Gasteiger partial charge in [0.25, 0.3) is 11.8 Å². The van der Waals surface area contributed by atoms with Gasteiger partial charge >= 0.3 is 5.97 Å². The van der Waals surface area contributed by atoms with E-state index in [0.29, 0.717) is 29.2 Å². The number of esters is 1. The molecule has 2 aromatic rings. The predicted octanol–water partition coefficient (Wildman–Crippen LogP) is 4.43. The molecule has 0 heterocycles. The Labute approximate surface area is 183 Å². The van der Waals surface area contributed by atoms with E-state index in [1.165, 1.54) is 56.9 Å². The topological polar surface area (TPSA) is 93.7 Å². The van der Waals surface area contributed by atoms with Crippen LogP contribution in [0.25, 0.3) is 0 Å². The largest absolute Gasteiger partial charge is 0.494 e. The third kappa shape index (κ3) is 8.90. The molecule has 2 aromatic carbocycles. The highest BCUT2D eigenvalue weighted by Crippen LogP contribution is 2.14. The third-order valence-electron chi connectivity index (χ3n) is 4.55. The molecule has 166 valence electrons. The molecule has 7 nitrogen and oxygen atoms in total. The van der Waals surface area contributed by atoms with Gasteiger partial charge in [-0.05, 0) is 55.0 Å². The van der Waals surface area contributed by atoms with Crippen molar-refractivity contribution in [3.05, 3.63) is 59.7 Å². The minimum atomic E-state index is -0.485. The lowest BCUT2D eigenvalue weighted by Crippen LogP contribution is -2.41. The SMILES string of the molecule is CCCCCCCCOc1ccc(C(=O)NNC(=O)c2ccc(OC(C)=O)cc2)cc1. The summed E-state index contributed by atoms with van der Waals surface area (Å²) in [5.74, 6) is -0.314. The van der Waals surface area contributed by atoms with Gasteiger partial charge in [-0.1, -0.05) is 39.0 Å². The Kier molecular flexibility index (Phi) is 10.1. The average Bonchev–Trinajstić information content (AvgIpc) is 2.77. The second-order valence-corrected chi connectivity index (χ2v) is 7.17. The molecule has 0 saturated carbocycles. The van der Waals surface area contributed by atoms with E-state index in [0.717, 1.165) is 12.8 Å². The lowest BCUT2D eigenvalue weighted by Gasteiger charge is -2.09. The van der Waals surface area contributed by atoms with Crippen molar-refractivity contribution < 1.29 is 23.9 Å². The number of hydrogen-bond donors (Lipinski definition) is 2. The second kappa shape index (κ2) is 13.1. The summed E-state index contributed by atoms with van der Waals surface area (Å²) in [6.07, 6.45) is 7.21. The van der Waals surface area contributed by atoms with Gasteiger partial charge in [-0.15, -0.1) is 0 Å². The molecule has 31 heavy (non-hydrogen) atoms. The van der Waals surface area contributed by atoms with Crippen molar-refractivity contribution in [2.45, 2.75) is 52.4 Å². The van der Waals surface area contributed by atoms with E-state index in [-0.39, 0.29) is 0 Å². The molecule has 0 unspecified atom stereocenters. The van der Waals surface area contributed by atoms with Gasteiger partial charge in [-0.25, -0.2) is 0 Å². The summed E-state index contributed by atoms with van der Waals surface area (Å²) in [6, 6.07) is 12.8. The molecule has 0 atom stereocenters. The molecule has 0 fully saturated rings. The predicted molar refractivity (Wildman–Crippen MR) is 118 cm³/mol. The minimum absolute atomic E-state index is 0.314. The van der Waals surface area contributed by atoms with Crippen molar-refractivity contribution >= 4 is 17.8 Å². The Morgan fingerprint density at radius 2 is 1.19 bits per heavy atom. The number of benzene rings is 2. The van der Waals surface area contributed by atoms with Crippen LogP contribution >= 0.6 is 0 Å². The number of hydrazine groups is 1. The highest BCUT2D eigenvalue weighted by atomic mass is 16.5. The molecule has 2 rings (SSSR count). The summed E-state index contributed by atoms with van der Waals surface area (Å²) in [4.78, 5) is 35.3. The molecule has 0 aliphatic heterocycles. The van der Waals surface area contributed by atoms with Crippen LogP contribution in [0, 0.1) is 0 Å². The highest BCUT2D eigenvalue weighted by molar-refractivity contribution is 5.99. The maximum atomic E-state index is 12.2. The number of carbonyl (C=O) groups excluding carboxylic acids is 3. The van der Waals surface area contributed by atoms with Gasteiger partial charge in [0.2, 0.25) is 0 Å². The Bertz CT molecular complexity index is 847. The zero-order valence-corrected chi connectivity index (χ0v) is 18.1. The molecule has 0 radical (unpaired) electrons. The molecule has 2 N–H and O–H groups in total. The zero-order valence-electron chi connectivity index (χ0n) is 18.1. The van der Waals surface area contributed by atoms with Crippen LogP contribution in [0.4, 0.5) is 0 Å². The molecule has 0 saturated heterocycles. The van der Waals surface area contributed by atoms with Crippen LogP contribution in [0.15, 0.2) is 48.5 Å². The van der Waals surface area contributed by atoms with Crippen molar-refractivity contribution in [1.82, 2.24) is 10.9 Å². The molecular weight excluding hydrogens is 396 g/mol. The molecule has 2 amide bonds. The van der Waals surface area contributed by atoms with E-state index in [4.69, 9.17) is 9.47 Å². The van der Waals surface area contributed by atoms with Gasteiger partial charge < -0.3 is 9.47 Å². The van der Waals surface area contributed by atoms with E-state index in [9.17, 15) is 14.4 Å². The number of ether oxygens (including phenoxy) is 2. The van der Waals surface area contributed by atoms with E-state index in [1.54, 1.807) is 24.3 Å². The number of amides is 2. The third-order valence-corrected chi connectivity index (χ3v) is 4.55. The van der Waals surface area contributed by atoms with Crippen LogP contribution in [0.3, 0.4) is 0 Å². The van der Waals surface area contributed by atoms with Crippen LogP contribution in [-0.2, 0) is 4.79 Å². The summed E-state index contributed by atoms with van der Waals surface area (Å²) in [5, 5.41) is 0. The second-order valence-electron chi connectivity index (χ2n) is 7.17. The smallest absolute Gasteiger partial charge is 0.308 e. The fourth-order valence-electron chi connectivity index (χ4n) is 2.87. The van der Waals surface area contributed by atoms with Gasteiger partial charge in [-0.3, -0.25) is 25.2 Å². The van der Waals surface area contributed by atoms with E-state index in [2.05, 4.69) is 17.8 Å².